The molecule has 160 valence electrons. The molecule has 1 aliphatic heterocycles. The Morgan fingerprint density at radius 3 is 2.58 bits per heavy atom. The van der Waals surface area contributed by atoms with Crippen LogP contribution in [0.4, 0.5) is 17.1 Å². The zero-order valence-corrected chi connectivity index (χ0v) is 17.4. The largest absolute Gasteiger partial charge is 0.508 e. The maximum atomic E-state index is 12.7. The summed E-state index contributed by atoms with van der Waals surface area (Å²) in [4.78, 5) is 17.3. The number of hydrogen-bond acceptors (Lipinski definition) is 6. The summed E-state index contributed by atoms with van der Waals surface area (Å²) in [6, 6.07) is 14.2. The van der Waals surface area contributed by atoms with Gasteiger partial charge in [0.2, 0.25) is 0 Å². The number of amides is 1. The molecule has 0 aliphatic carbocycles. The third-order valence-corrected chi connectivity index (χ3v) is 5.33. The number of piperazine rings is 1. The minimum atomic E-state index is -0.331. The predicted molar refractivity (Wildman–Crippen MR) is 124 cm³/mol. The molecule has 31 heavy (non-hydrogen) atoms. The van der Waals surface area contributed by atoms with Crippen molar-refractivity contribution in [3.63, 3.8) is 0 Å². The number of phenolic OH excluding ortho intramolecular Hbond substituents is 1. The van der Waals surface area contributed by atoms with E-state index in [2.05, 4.69) is 32.4 Å². The maximum Gasteiger partial charge on any atom is 0.276 e. The van der Waals surface area contributed by atoms with Crippen molar-refractivity contribution in [3.05, 3.63) is 65.5 Å². The number of likely N-dealkylation sites (N-methyl/N-ethyl adjacent to an activating group) is 1. The van der Waals surface area contributed by atoms with Crippen LogP contribution in [0.25, 0.3) is 12.2 Å². The van der Waals surface area contributed by atoms with Crippen LogP contribution in [0.1, 0.15) is 21.7 Å². The number of aromatic hydroxyl groups is 1. The van der Waals surface area contributed by atoms with Gasteiger partial charge >= 0.3 is 0 Å². The fourth-order valence-electron chi connectivity index (χ4n) is 3.41. The van der Waals surface area contributed by atoms with Gasteiger partial charge in [-0.05, 0) is 55.1 Å². The number of aromatic amines is 1. The fourth-order valence-corrected chi connectivity index (χ4v) is 3.41. The van der Waals surface area contributed by atoms with Crippen LogP contribution in [0.5, 0.6) is 5.75 Å². The van der Waals surface area contributed by atoms with Crippen LogP contribution in [0.2, 0.25) is 0 Å². The Morgan fingerprint density at radius 2 is 1.84 bits per heavy atom. The molecule has 2 aromatic carbocycles. The van der Waals surface area contributed by atoms with Gasteiger partial charge in [-0.2, -0.15) is 5.10 Å². The molecule has 1 amide bonds. The first-order valence-electron chi connectivity index (χ1n) is 10.1. The van der Waals surface area contributed by atoms with Gasteiger partial charge in [0.25, 0.3) is 5.91 Å². The summed E-state index contributed by atoms with van der Waals surface area (Å²) in [6.07, 6.45) is 3.69. The zero-order chi connectivity index (χ0) is 21.8. The van der Waals surface area contributed by atoms with Crippen LogP contribution in [0.15, 0.2) is 48.5 Å². The van der Waals surface area contributed by atoms with Crippen LogP contribution in [-0.2, 0) is 0 Å². The Hall–Kier alpha value is -3.78. The first kappa shape index (κ1) is 20.5. The van der Waals surface area contributed by atoms with E-state index in [1.165, 1.54) is 0 Å². The average molecular weight is 419 g/mol. The minimum absolute atomic E-state index is 0.216. The molecule has 2 heterocycles. The summed E-state index contributed by atoms with van der Waals surface area (Å²) >= 11 is 0. The Balaban J connectivity index is 1.43. The number of rotatable bonds is 5. The number of nitrogen functional groups attached to an aromatic ring is 1. The Bertz CT molecular complexity index is 1080. The number of nitrogens with zero attached hydrogens (tertiary/aromatic N) is 3. The van der Waals surface area contributed by atoms with E-state index >= 15 is 0 Å². The summed E-state index contributed by atoms with van der Waals surface area (Å²) in [6.45, 7) is 3.87. The highest BCUT2D eigenvalue weighted by atomic mass is 16.3. The molecule has 3 aromatic rings. The number of carbonyl (C=O) groups is 1. The summed E-state index contributed by atoms with van der Waals surface area (Å²) in [7, 11) is 2.12. The lowest BCUT2D eigenvalue weighted by atomic mass is 10.2. The smallest absolute Gasteiger partial charge is 0.276 e. The number of aromatic nitrogens is 2. The first-order valence-corrected chi connectivity index (χ1v) is 10.1. The molecule has 1 aromatic heterocycles. The molecule has 0 atom stereocenters. The molecular formula is C23H26N6O2. The first-order chi connectivity index (χ1) is 15.0. The summed E-state index contributed by atoms with van der Waals surface area (Å²) in [5, 5.41) is 19.2. The number of carbonyl (C=O) groups excluding carboxylic acids is 1. The average Bonchev–Trinajstić information content (AvgIpc) is 3.25. The van der Waals surface area contributed by atoms with Gasteiger partial charge in [-0.1, -0.05) is 18.2 Å². The topological polar surface area (TPSA) is 111 Å². The lowest BCUT2D eigenvalue weighted by molar-refractivity contribution is 0.102. The molecule has 8 nitrogen and oxygen atoms in total. The maximum absolute atomic E-state index is 12.7. The summed E-state index contributed by atoms with van der Waals surface area (Å²) in [5.74, 6) is -0.114. The number of nitrogens with two attached hydrogens (primary N) is 1. The van der Waals surface area contributed by atoms with E-state index in [4.69, 9.17) is 5.73 Å². The van der Waals surface area contributed by atoms with E-state index in [0.717, 1.165) is 37.4 Å². The Labute approximate surface area is 181 Å². The highest BCUT2D eigenvalue weighted by Gasteiger charge is 2.17. The van der Waals surface area contributed by atoms with E-state index in [-0.39, 0.29) is 17.4 Å². The Morgan fingerprint density at radius 1 is 1.10 bits per heavy atom. The van der Waals surface area contributed by atoms with Crippen molar-refractivity contribution in [2.45, 2.75) is 0 Å². The third kappa shape index (κ3) is 5.04. The number of phenols is 1. The highest BCUT2D eigenvalue weighted by molar-refractivity contribution is 6.05. The lowest BCUT2D eigenvalue weighted by Gasteiger charge is -2.34. The van der Waals surface area contributed by atoms with Gasteiger partial charge < -0.3 is 26.0 Å². The third-order valence-electron chi connectivity index (χ3n) is 5.33. The van der Waals surface area contributed by atoms with Gasteiger partial charge in [0.1, 0.15) is 5.75 Å². The molecular weight excluding hydrogens is 392 g/mol. The van der Waals surface area contributed by atoms with Crippen LogP contribution >= 0.6 is 0 Å². The second kappa shape index (κ2) is 8.93. The predicted octanol–water partition coefficient (Wildman–Crippen LogP) is 2.87. The van der Waals surface area contributed by atoms with Crippen LogP contribution < -0.4 is 16.0 Å². The van der Waals surface area contributed by atoms with Crippen molar-refractivity contribution in [1.29, 1.82) is 0 Å². The van der Waals surface area contributed by atoms with Crippen molar-refractivity contribution in [1.82, 2.24) is 15.1 Å². The van der Waals surface area contributed by atoms with Crippen molar-refractivity contribution < 1.29 is 9.90 Å². The van der Waals surface area contributed by atoms with E-state index < -0.39 is 0 Å². The molecule has 0 spiro atoms. The second-order valence-electron chi connectivity index (χ2n) is 7.65. The molecule has 0 radical (unpaired) electrons. The minimum Gasteiger partial charge on any atom is -0.508 e. The molecule has 0 saturated carbocycles. The van der Waals surface area contributed by atoms with E-state index in [9.17, 15) is 9.90 Å². The van der Waals surface area contributed by atoms with Gasteiger partial charge in [-0.25, -0.2) is 0 Å². The number of hydrogen-bond donors (Lipinski definition) is 4. The highest BCUT2D eigenvalue weighted by Crippen LogP contribution is 2.27. The van der Waals surface area contributed by atoms with Gasteiger partial charge in [0, 0.05) is 31.9 Å². The zero-order valence-electron chi connectivity index (χ0n) is 17.4. The molecule has 4 rings (SSSR count). The number of anilines is 3. The SMILES string of the molecule is CN1CCN(c2ccc(N)c(NC(=O)c3cc(C=Cc4ccc(O)cc4)[nH]n3)c2)CC1. The van der Waals surface area contributed by atoms with Crippen LogP contribution in [0, 0.1) is 0 Å². The van der Waals surface area contributed by atoms with Gasteiger partial charge in [-0.15, -0.1) is 0 Å². The fraction of sp³-hybridized carbons (Fsp3) is 0.217. The molecule has 1 saturated heterocycles. The van der Waals surface area contributed by atoms with Crippen molar-refractivity contribution >= 4 is 35.1 Å². The monoisotopic (exact) mass is 418 g/mol. The molecule has 0 unspecified atom stereocenters. The van der Waals surface area contributed by atoms with Crippen LogP contribution in [-0.4, -0.2) is 59.3 Å². The molecule has 8 heteroatoms. The van der Waals surface area contributed by atoms with E-state index in [1.54, 1.807) is 30.3 Å². The molecule has 1 fully saturated rings. The molecule has 0 bridgehead atoms. The summed E-state index contributed by atoms with van der Waals surface area (Å²) in [5.41, 5.74) is 10.1. The van der Waals surface area contributed by atoms with E-state index in [1.807, 2.05) is 30.4 Å². The molecule has 1 aliphatic rings. The van der Waals surface area contributed by atoms with Crippen molar-refractivity contribution in [2.24, 2.45) is 0 Å². The van der Waals surface area contributed by atoms with Gasteiger partial charge in [0.05, 0.1) is 17.1 Å². The van der Waals surface area contributed by atoms with Crippen molar-refractivity contribution in [2.75, 3.05) is 49.2 Å². The van der Waals surface area contributed by atoms with Gasteiger partial charge in [-0.3, -0.25) is 9.89 Å². The van der Waals surface area contributed by atoms with Crippen LogP contribution in [0.3, 0.4) is 0 Å². The normalized spacial score (nSPS) is 14.8. The van der Waals surface area contributed by atoms with E-state index in [0.29, 0.717) is 17.1 Å². The second-order valence-corrected chi connectivity index (χ2v) is 7.65. The number of benzene rings is 2. The number of nitrogens with one attached hydrogen (secondary N) is 2. The van der Waals surface area contributed by atoms with Crippen molar-refractivity contribution in [3.8, 4) is 5.75 Å². The standard InChI is InChI=1S/C23H26N6O2/c1-28-10-12-29(13-11-28)18-6-9-20(24)21(15-18)25-23(31)22-14-17(26-27-22)5-2-16-3-7-19(30)8-4-16/h2-9,14-15,30H,10-13,24H2,1H3,(H,25,31)(H,26,27). The summed E-state index contributed by atoms with van der Waals surface area (Å²) < 4.78 is 0. The Kier molecular flexibility index (Phi) is 5.90. The lowest BCUT2D eigenvalue weighted by Crippen LogP contribution is -2.44. The van der Waals surface area contributed by atoms with Gasteiger partial charge in [0.15, 0.2) is 5.69 Å². The quantitative estimate of drug-likeness (QED) is 0.474. The molecule has 5 N–H and O–H groups in total. The number of H-pyrrole nitrogens is 1.